The lowest BCUT2D eigenvalue weighted by Crippen LogP contribution is -2.13. The number of carbonyl (C=O) groups is 1. The van der Waals surface area contributed by atoms with Crippen LogP contribution in [0.25, 0.3) is 11.3 Å². The molecule has 0 spiro atoms. The molecule has 0 bridgehead atoms. The van der Waals surface area contributed by atoms with Crippen molar-refractivity contribution in [1.29, 1.82) is 5.26 Å². The summed E-state index contributed by atoms with van der Waals surface area (Å²) in [5.41, 5.74) is 1.74. The summed E-state index contributed by atoms with van der Waals surface area (Å²) in [5, 5.41) is 11.8. The van der Waals surface area contributed by atoms with Gasteiger partial charge in [-0.3, -0.25) is 4.79 Å². The number of hydrogen-bond acceptors (Lipinski definition) is 5. The highest BCUT2D eigenvalue weighted by Crippen LogP contribution is 2.42. The number of ketones is 1. The first-order valence-corrected chi connectivity index (χ1v) is 8.05. The number of Topliss-reactive ketones (excluding diaryl/α,β-unsaturated/α-hetero) is 1. The zero-order valence-electron chi connectivity index (χ0n) is 12.4. The third-order valence-electron chi connectivity index (χ3n) is 4.04. The van der Waals surface area contributed by atoms with E-state index in [0.29, 0.717) is 10.9 Å². The largest absolute Gasteiger partial charge is 0.497 e. The molecule has 112 valence electrons. The van der Waals surface area contributed by atoms with Gasteiger partial charge in [-0.2, -0.15) is 5.26 Å². The molecule has 0 amide bonds. The standard InChI is InChI=1S/C17H16N2O2S/c1-10-7-13(10)16(20)14(8-18)17-19-15(9-22-17)11-3-5-12(21-2)6-4-11/h3-6,9-10,13-14H,7H2,1-2H3. The normalized spacial score (nSPS) is 21.0. The monoisotopic (exact) mass is 312 g/mol. The van der Waals surface area contributed by atoms with Crippen LogP contribution in [0.4, 0.5) is 0 Å². The second-order valence-corrected chi connectivity index (χ2v) is 6.47. The Bertz CT molecular complexity index is 730. The zero-order chi connectivity index (χ0) is 15.7. The molecule has 1 saturated carbocycles. The molecule has 1 heterocycles. The summed E-state index contributed by atoms with van der Waals surface area (Å²) in [6.07, 6.45) is 0.897. The highest BCUT2D eigenvalue weighted by molar-refractivity contribution is 7.10. The fourth-order valence-corrected chi connectivity index (χ4v) is 3.36. The Morgan fingerprint density at radius 2 is 2.14 bits per heavy atom. The van der Waals surface area contributed by atoms with Crippen molar-refractivity contribution in [3.63, 3.8) is 0 Å². The molecule has 3 rings (SSSR count). The summed E-state index contributed by atoms with van der Waals surface area (Å²) in [5.74, 6) is 0.520. The number of benzene rings is 1. The predicted octanol–water partition coefficient (Wildman–Crippen LogP) is 3.65. The SMILES string of the molecule is COc1ccc(-c2csc(C(C#N)C(=O)C3CC3C)n2)cc1. The van der Waals surface area contributed by atoms with Crippen molar-refractivity contribution in [2.24, 2.45) is 11.8 Å². The van der Waals surface area contributed by atoms with Crippen molar-refractivity contribution in [2.45, 2.75) is 19.3 Å². The Balaban J connectivity index is 1.82. The molecular formula is C17H16N2O2S. The van der Waals surface area contributed by atoms with Gasteiger partial charge in [0.25, 0.3) is 0 Å². The van der Waals surface area contributed by atoms with Crippen LogP contribution in [0.1, 0.15) is 24.3 Å². The molecule has 5 heteroatoms. The number of aromatic nitrogens is 1. The smallest absolute Gasteiger partial charge is 0.160 e. The number of nitriles is 1. The van der Waals surface area contributed by atoms with E-state index in [-0.39, 0.29) is 11.7 Å². The van der Waals surface area contributed by atoms with Crippen LogP contribution in [0.5, 0.6) is 5.75 Å². The van der Waals surface area contributed by atoms with Crippen LogP contribution >= 0.6 is 11.3 Å². The van der Waals surface area contributed by atoms with E-state index in [0.717, 1.165) is 23.4 Å². The molecule has 1 aliphatic rings. The summed E-state index contributed by atoms with van der Waals surface area (Å²) in [6, 6.07) is 9.70. The highest BCUT2D eigenvalue weighted by atomic mass is 32.1. The van der Waals surface area contributed by atoms with Crippen molar-refractivity contribution in [1.82, 2.24) is 4.98 Å². The molecule has 22 heavy (non-hydrogen) atoms. The van der Waals surface area contributed by atoms with Crippen LogP contribution in [-0.4, -0.2) is 17.9 Å². The van der Waals surface area contributed by atoms with Crippen molar-refractivity contribution in [2.75, 3.05) is 7.11 Å². The Hall–Kier alpha value is -2.19. The maximum Gasteiger partial charge on any atom is 0.160 e. The van der Waals surface area contributed by atoms with Gasteiger partial charge in [-0.1, -0.05) is 6.92 Å². The molecule has 0 radical (unpaired) electrons. The molecule has 1 aromatic heterocycles. The van der Waals surface area contributed by atoms with Crippen molar-refractivity contribution in [3.8, 4) is 23.1 Å². The number of hydrogen-bond donors (Lipinski definition) is 0. The van der Waals surface area contributed by atoms with Crippen molar-refractivity contribution in [3.05, 3.63) is 34.7 Å². The molecule has 0 aliphatic heterocycles. The summed E-state index contributed by atoms with van der Waals surface area (Å²) in [6.45, 7) is 2.04. The first-order chi connectivity index (χ1) is 10.6. The lowest BCUT2D eigenvalue weighted by molar-refractivity contribution is -0.120. The second kappa shape index (κ2) is 5.90. The summed E-state index contributed by atoms with van der Waals surface area (Å²) in [7, 11) is 1.62. The van der Waals surface area contributed by atoms with E-state index in [2.05, 4.69) is 11.1 Å². The molecular weight excluding hydrogens is 296 g/mol. The molecule has 0 saturated heterocycles. The van der Waals surface area contributed by atoms with Gasteiger partial charge in [0.15, 0.2) is 11.7 Å². The number of ether oxygens (including phenoxy) is 1. The second-order valence-electron chi connectivity index (χ2n) is 5.58. The number of carbonyl (C=O) groups excluding carboxylic acids is 1. The molecule has 4 nitrogen and oxygen atoms in total. The number of nitrogens with zero attached hydrogens (tertiary/aromatic N) is 2. The Labute approximate surface area is 133 Å². The summed E-state index contributed by atoms with van der Waals surface area (Å²) in [4.78, 5) is 16.8. The molecule has 3 atom stereocenters. The van der Waals surface area contributed by atoms with E-state index in [1.165, 1.54) is 11.3 Å². The quantitative estimate of drug-likeness (QED) is 0.845. The number of thiazole rings is 1. The Morgan fingerprint density at radius 3 is 2.68 bits per heavy atom. The van der Waals surface area contributed by atoms with Crippen molar-refractivity contribution >= 4 is 17.1 Å². The van der Waals surface area contributed by atoms with E-state index in [1.807, 2.05) is 36.6 Å². The third-order valence-corrected chi connectivity index (χ3v) is 4.95. The van der Waals surface area contributed by atoms with E-state index in [4.69, 9.17) is 4.74 Å². The van der Waals surface area contributed by atoms with Crippen LogP contribution in [0, 0.1) is 23.2 Å². The fourth-order valence-electron chi connectivity index (χ4n) is 2.49. The van der Waals surface area contributed by atoms with Gasteiger partial charge in [0.1, 0.15) is 10.8 Å². The van der Waals surface area contributed by atoms with Crippen LogP contribution < -0.4 is 4.74 Å². The summed E-state index contributed by atoms with van der Waals surface area (Å²) < 4.78 is 5.14. The highest BCUT2D eigenvalue weighted by Gasteiger charge is 2.43. The average Bonchev–Trinajstić information content (AvgIpc) is 3.08. The first kappa shape index (κ1) is 14.7. The lowest BCUT2D eigenvalue weighted by Gasteiger charge is -2.04. The van der Waals surface area contributed by atoms with Gasteiger partial charge in [-0.05, 0) is 36.6 Å². The van der Waals surface area contributed by atoms with E-state index in [1.54, 1.807) is 7.11 Å². The number of methoxy groups -OCH3 is 1. The van der Waals surface area contributed by atoms with Gasteiger partial charge in [-0.25, -0.2) is 4.98 Å². The summed E-state index contributed by atoms with van der Waals surface area (Å²) >= 11 is 1.38. The van der Waals surface area contributed by atoms with E-state index >= 15 is 0 Å². The minimum absolute atomic E-state index is 0.0191. The van der Waals surface area contributed by atoms with Gasteiger partial charge in [-0.15, -0.1) is 11.3 Å². The topological polar surface area (TPSA) is 63.0 Å². The minimum atomic E-state index is -0.730. The van der Waals surface area contributed by atoms with Crippen LogP contribution in [0.2, 0.25) is 0 Å². The number of rotatable bonds is 5. The van der Waals surface area contributed by atoms with E-state index in [9.17, 15) is 10.1 Å². The Kier molecular flexibility index (Phi) is 3.95. The zero-order valence-corrected chi connectivity index (χ0v) is 13.3. The average molecular weight is 312 g/mol. The van der Waals surface area contributed by atoms with Gasteiger partial charge >= 0.3 is 0 Å². The molecule has 3 unspecified atom stereocenters. The van der Waals surface area contributed by atoms with Gasteiger partial charge in [0, 0.05) is 16.9 Å². The lowest BCUT2D eigenvalue weighted by atomic mass is 10.0. The molecule has 1 fully saturated rings. The molecule has 1 aliphatic carbocycles. The molecule has 0 N–H and O–H groups in total. The third kappa shape index (κ3) is 2.75. The van der Waals surface area contributed by atoms with Gasteiger partial charge < -0.3 is 4.74 Å². The van der Waals surface area contributed by atoms with Crippen LogP contribution in [0.3, 0.4) is 0 Å². The van der Waals surface area contributed by atoms with Crippen LogP contribution in [0.15, 0.2) is 29.6 Å². The molecule has 2 aromatic rings. The van der Waals surface area contributed by atoms with Gasteiger partial charge in [0.05, 0.1) is 18.9 Å². The van der Waals surface area contributed by atoms with Gasteiger partial charge in [0.2, 0.25) is 0 Å². The predicted molar refractivity (Wildman–Crippen MR) is 84.7 cm³/mol. The van der Waals surface area contributed by atoms with Crippen LogP contribution in [-0.2, 0) is 4.79 Å². The maximum absolute atomic E-state index is 12.3. The minimum Gasteiger partial charge on any atom is -0.497 e. The Morgan fingerprint density at radius 1 is 1.45 bits per heavy atom. The fraction of sp³-hybridized carbons (Fsp3) is 0.353. The van der Waals surface area contributed by atoms with Crippen molar-refractivity contribution < 1.29 is 9.53 Å². The first-order valence-electron chi connectivity index (χ1n) is 7.17. The maximum atomic E-state index is 12.3. The molecule has 1 aromatic carbocycles. The van der Waals surface area contributed by atoms with E-state index < -0.39 is 5.92 Å².